The van der Waals surface area contributed by atoms with E-state index in [4.69, 9.17) is 11.6 Å². The number of unbranched alkanes of at least 4 members (excludes halogenated alkanes) is 2. The van der Waals surface area contributed by atoms with Gasteiger partial charge in [-0.05, 0) is 71.5 Å². The number of aromatic nitrogens is 2. The number of carbonyl (C=O) groups is 4. The largest absolute Gasteiger partial charge is 0.481 e. The van der Waals surface area contributed by atoms with E-state index in [0.29, 0.717) is 31.4 Å². The van der Waals surface area contributed by atoms with Crippen LogP contribution in [0.25, 0.3) is 16.5 Å². The van der Waals surface area contributed by atoms with Gasteiger partial charge in [0.15, 0.2) is 5.69 Å². The quantitative estimate of drug-likeness (QED) is 0.127. The number of carboxylic acid groups (broad SMARTS) is 1. The van der Waals surface area contributed by atoms with Crippen LogP contribution >= 0.6 is 11.6 Å². The summed E-state index contributed by atoms with van der Waals surface area (Å²) >= 11 is 6.80. The second-order valence-corrected chi connectivity index (χ2v) is 15.6. The van der Waals surface area contributed by atoms with E-state index in [1.807, 2.05) is 50.2 Å². The zero-order valence-electron chi connectivity index (χ0n) is 30.6. The minimum Gasteiger partial charge on any atom is -0.481 e. The molecule has 0 radical (unpaired) electrons. The van der Waals surface area contributed by atoms with Crippen LogP contribution in [0.2, 0.25) is 5.02 Å². The topological polar surface area (TPSA) is 159 Å². The highest BCUT2D eigenvalue weighted by Crippen LogP contribution is 2.30. The molecule has 1 aromatic heterocycles. The molecule has 0 fully saturated rings. The number of hydrogen-bond donors (Lipinski definition) is 2. The Balaban J connectivity index is 1.43. The van der Waals surface area contributed by atoms with E-state index in [1.165, 1.54) is 35.0 Å². The van der Waals surface area contributed by atoms with Gasteiger partial charge in [0.05, 0.1) is 33.3 Å². The zero-order chi connectivity index (χ0) is 39.3. The Bertz CT molecular complexity index is 2390. The third-order valence-electron chi connectivity index (χ3n) is 9.68. The second kappa shape index (κ2) is 16.9. The van der Waals surface area contributed by atoms with Crippen molar-refractivity contribution in [2.24, 2.45) is 0 Å². The van der Waals surface area contributed by atoms with E-state index in [0.717, 1.165) is 42.2 Å². The number of hydrogen-bond acceptors (Lipinski definition) is 7. The van der Waals surface area contributed by atoms with Crippen LogP contribution in [0.4, 0.5) is 0 Å². The average Bonchev–Trinajstić information content (AvgIpc) is 3.50. The molecule has 0 atom stereocenters. The number of halogens is 1. The molecule has 2 heterocycles. The van der Waals surface area contributed by atoms with Crippen molar-refractivity contribution in [2.75, 3.05) is 19.6 Å². The summed E-state index contributed by atoms with van der Waals surface area (Å²) < 4.78 is 30.2. The standard InChI is InChI=1S/C41H42ClN5O7S/c1-3-5-20-45(21-6-4-2)41(52)38-37(42)35(25-36(48)49)47(43-38)34-18-16-30(24-33(34)40(51)46-22-19-28-12-8-10-14-31(28)26-46)39(50)44-55(53,54)32-17-15-27-11-7-9-13-29(27)23-32/h7-18,23-24H,3-6,19-22,25-26H2,1-2H3,(H,44,50)(H,48,49). The van der Waals surface area contributed by atoms with Crippen molar-refractivity contribution in [3.8, 4) is 5.69 Å². The fraction of sp³-hybridized carbons (Fsp3) is 0.293. The molecule has 4 aromatic carbocycles. The summed E-state index contributed by atoms with van der Waals surface area (Å²) in [4.78, 5) is 57.4. The Morgan fingerprint density at radius 3 is 2.24 bits per heavy atom. The molecule has 1 aliphatic rings. The van der Waals surface area contributed by atoms with E-state index >= 15 is 0 Å². The van der Waals surface area contributed by atoms with Crippen molar-refractivity contribution >= 4 is 56.1 Å². The molecule has 0 spiro atoms. The van der Waals surface area contributed by atoms with E-state index in [-0.39, 0.29) is 44.7 Å². The van der Waals surface area contributed by atoms with E-state index in [2.05, 4.69) is 9.82 Å². The Hall–Kier alpha value is -5.53. The van der Waals surface area contributed by atoms with Gasteiger partial charge < -0.3 is 14.9 Å². The number of nitrogens with one attached hydrogen (secondary N) is 1. The van der Waals surface area contributed by atoms with Crippen molar-refractivity contribution in [2.45, 2.75) is 63.8 Å². The van der Waals surface area contributed by atoms with Crippen LogP contribution in [-0.2, 0) is 34.2 Å². The summed E-state index contributed by atoms with van der Waals surface area (Å²) in [5.74, 6) is -3.20. The molecule has 5 aromatic rings. The maximum Gasteiger partial charge on any atom is 0.309 e. The van der Waals surface area contributed by atoms with Crippen LogP contribution in [0.1, 0.15) is 87.6 Å². The molecule has 0 unspecified atom stereocenters. The molecule has 0 saturated heterocycles. The Morgan fingerprint density at radius 2 is 1.55 bits per heavy atom. The number of carbonyl (C=O) groups excluding carboxylic acids is 3. The first-order chi connectivity index (χ1) is 26.4. The van der Waals surface area contributed by atoms with Gasteiger partial charge in [0.1, 0.15) is 0 Å². The van der Waals surface area contributed by atoms with Crippen molar-refractivity contribution in [1.29, 1.82) is 0 Å². The van der Waals surface area contributed by atoms with Gasteiger partial charge in [-0.2, -0.15) is 5.10 Å². The van der Waals surface area contributed by atoms with Crippen LogP contribution < -0.4 is 4.72 Å². The molecule has 55 heavy (non-hydrogen) atoms. The summed E-state index contributed by atoms with van der Waals surface area (Å²) in [7, 11) is -4.34. The fourth-order valence-electron chi connectivity index (χ4n) is 6.68. The molecule has 12 nitrogen and oxygen atoms in total. The summed E-state index contributed by atoms with van der Waals surface area (Å²) in [5, 5.41) is 15.8. The van der Waals surface area contributed by atoms with Crippen LogP contribution in [0.3, 0.4) is 0 Å². The van der Waals surface area contributed by atoms with Crippen LogP contribution in [0, 0.1) is 0 Å². The fourth-order valence-corrected chi connectivity index (χ4v) is 7.95. The normalized spacial score (nSPS) is 12.7. The number of aliphatic carboxylic acids is 1. The molecule has 1 aliphatic heterocycles. The number of benzene rings is 4. The molecule has 3 amide bonds. The molecule has 14 heteroatoms. The first-order valence-electron chi connectivity index (χ1n) is 18.3. The number of rotatable bonds is 14. The molecular formula is C41H42ClN5O7S. The van der Waals surface area contributed by atoms with Crippen LogP contribution in [0.5, 0.6) is 0 Å². The lowest BCUT2D eigenvalue weighted by Gasteiger charge is -2.29. The number of nitrogens with zero attached hydrogens (tertiary/aromatic N) is 4. The Kier molecular flexibility index (Phi) is 12.0. The van der Waals surface area contributed by atoms with E-state index in [9.17, 15) is 32.7 Å². The molecular weight excluding hydrogens is 742 g/mol. The van der Waals surface area contributed by atoms with Gasteiger partial charge in [0, 0.05) is 31.7 Å². The third-order valence-corrected chi connectivity index (χ3v) is 11.4. The monoisotopic (exact) mass is 783 g/mol. The maximum absolute atomic E-state index is 14.5. The van der Waals surface area contributed by atoms with Crippen molar-refractivity contribution in [3.63, 3.8) is 0 Å². The lowest BCUT2D eigenvalue weighted by Crippen LogP contribution is -2.37. The van der Waals surface area contributed by atoms with Gasteiger partial charge in [0.25, 0.3) is 27.7 Å². The summed E-state index contributed by atoms with van der Waals surface area (Å²) in [6.45, 7) is 5.54. The highest BCUT2D eigenvalue weighted by Gasteiger charge is 2.31. The summed E-state index contributed by atoms with van der Waals surface area (Å²) in [5.41, 5.74) is 1.72. The van der Waals surface area contributed by atoms with Crippen LogP contribution in [-0.4, -0.2) is 76.4 Å². The minimum absolute atomic E-state index is 0.0300. The number of fused-ring (bicyclic) bond motifs is 2. The minimum atomic E-state index is -4.34. The van der Waals surface area contributed by atoms with Crippen molar-refractivity contribution < 1.29 is 32.7 Å². The average molecular weight is 784 g/mol. The lowest BCUT2D eigenvalue weighted by atomic mass is 9.98. The Labute approximate surface area is 324 Å². The molecule has 0 aliphatic carbocycles. The molecule has 0 saturated carbocycles. The predicted molar refractivity (Wildman–Crippen MR) is 209 cm³/mol. The zero-order valence-corrected chi connectivity index (χ0v) is 32.2. The van der Waals surface area contributed by atoms with E-state index < -0.39 is 40.1 Å². The summed E-state index contributed by atoms with van der Waals surface area (Å²) in [6, 6.07) is 23.4. The SMILES string of the molecule is CCCCN(CCCC)C(=O)c1nn(-c2ccc(C(=O)NS(=O)(=O)c3ccc4ccccc4c3)cc2C(=O)N2CCc3ccccc3C2)c(CC(=O)O)c1Cl. The van der Waals surface area contributed by atoms with E-state index in [1.54, 1.807) is 28.0 Å². The predicted octanol–water partition coefficient (Wildman–Crippen LogP) is 6.67. The molecule has 2 N–H and O–H groups in total. The summed E-state index contributed by atoms with van der Waals surface area (Å²) in [6.07, 6.45) is 3.13. The van der Waals surface area contributed by atoms with Crippen molar-refractivity contribution in [1.82, 2.24) is 24.3 Å². The maximum atomic E-state index is 14.5. The van der Waals surface area contributed by atoms with Gasteiger partial charge in [-0.3, -0.25) is 19.2 Å². The van der Waals surface area contributed by atoms with Gasteiger partial charge >= 0.3 is 5.97 Å². The van der Waals surface area contributed by atoms with Crippen molar-refractivity contribution in [3.05, 3.63) is 124 Å². The third kappa shape index (κ3) is 8.58. The number of carboxylic acids is 1. The van der Waals surface area contributed by atoms with Gasteiger partial charge in [-0.1, -0.05) is 92.9 Å². The highest BCUT2D eigenvalue weighted by atomic mass is 35.5. The first kappa shape index (κ1) is 39.2. The Morgan fingerprint density at radius 1 is 0.873 bits per heavy atom. The van der Waals surface area contributed by atoms with Gasteiger partial charge in [-0.15, -0.1) is 0 Å². The number of amides is 3. The first-order valence-corrected chi connectivity index (χ1v) is 20.1. The smallest absolute Gasteiger partial charge is 0.309 e. The van der Waals surface area contributed by atoms with Gasteiger partial charge in [0.2, 0.25) is 0 Å². The number of sulfonamides is 1. The molecule has 6 rings (SSSR count). The highest BCUT2D eigenvalue weighted by molar-refractivity contribution is 7.90. The molecule has 286 valence electrons. The molecule has 0 bridgehead atoms. The second-order valence-electron chi connectivity index (χ2n) is 13.5. The van der Waals surface area contributed by atoms with Gasteiger partial charge in [-0.25, -0.2) is 17.8 Å². The van der Waals surface area contributed by atoms with Crippen LogP contribution in [0.15, 0.2) is 89.8 Å². The lowest BCUT2D eigenvalue weighted by molar-refractivity contribution is -0.136.